The maximum atomic E-state index is 6.04. The number of ether oxygens (including phenoxy) is 1. The molecular formula is C17H17ClN4O2. The Bertz CT molecular complexity index is 834. The molecule has 0 amide bonds. The average molecular weight is 345 g/mol. The number of hydrogen-bond donors (Lipinski definition) is 0. The first-order chi connectivity index (χ1) is 11.7. The number of halogens is 1. The van der Waals surface area contributed by atoms with Gasteiger partial charge in [-0.3, -0.25) is 4.68 Å². The summed E-state index contributed by atoms with van der Waals surface area (Å²) in [7, 11) is 1.86. The van der Waals surface area contributed by atoms with E-state index in [4.69, 9.17) is 20.9 Å². The first-order valence-corrected chi connectivity index (χ1v) is 8.22. The predicted octanol–water partition coefficient (Wildman–Crippen LogP) is 3.22. The minimum atomic E-state index is -0.337. The molecule has 3 aromatic rings. The van der Waals surface area contributed by atoms with E-state index in [0.717, 1.165) is 24.0 Å². The van der Waals surface area contributed by atoms with Gasteiger partial charge in [-0.05, 0) is 30.5 Å². The molecule has 24 heavy (non-hydrogen) atoms. The fraction of sp³-hybridized carbons (Fsp3) is 0.353. The van der Waals surface area contributed by atoms with Gasteiger partial charge in [0.05, 0.1) is 17.2 Å². The van der Waals surface area contributed by atoms with Gasteiger partial charge in [0.1, 0.15) is 0 Å². The van der Waals surface area contributed by atoms with Crippen LogP contribution in [0.25, 0.3) is 11.4 Å². The van der Waals surface area contributed by atoms with Crippen molar-refractivity contribution in [2.75, 3.05) is 13.2 Å². The van der Waals surface area contributed by atoms with Gasteiger partial charge in [-0.1, -0.05) is 28.9 Å². The SMILES string of the molecule is Cn1cc(-c2noc(C3(c4ccc(Cl)cc4)CCOCC3)n2)cn1. The van der Waals surface area contributed by atoms with E-state index in [1.807, 2.05) is 37.5 Å². The standard InChI is InChI=1S/C17H17ClN4O2/c1-22-11-12(10-19-22)15-20-16(24-21-15)17(6-8-23-9-7-17)13-2-4-14(18)5-3-13/h2-5,10-11H,6-9H2,1H3. The van der Waals surface area contributed by atoms with Crippen molar-refractivity contribution in [2.45, 2.75) is 18.3 Å². The fourth-order valence-corrected chi connectivity index (χ4v) is 3.31. The molecule has 3 heterocycles. The van der Waals surface area contributed by atoms with E-state index in [1.165, 1.54) is 0 Å². The van der Waals surface area contributed by atoms with Crippen LogP contribution in [0.2, 0.25) is 5.02 Å². The van der Waals surface area contributed by atoms with Gasteiger partial charge in [-0.25, -0.2) is 0 Å². The Balaban J connectivity index is 1.77. The van der Waals surface area contributed by atoms with Crippen molar-refractivity contribution in [3.63, 3.8) is 0 Å². The summed E-state index contributed by atoms with van der Waals surface area (Å²) in [5.74, 6) is 1.17. The van der Waals surface area contributed by atoms with E-state index in [1.54, 1.807) is 10.9 Å². The van der Waals surface area contributed by atoms with Crippen LogP contribution in [-0.2, 0) is 17.2 Å². The summed E-state index contributed by atoms with van der Waals surface area (Å²) in [4.78, 5) is 4.67. The van der Waals surface area contributed by atoms with E-state index in [2.05, 4.69) is 15.2 Å². The zero-order valence-electron chi connectivity index (χ0n) is 13.3. The molecule has 0 radical (unpaired) electrons. The number of aromatic nitrogens is 4. The largest absolute Gasteiger partial charge is 0.381 e. The Kier molecular flexibility index (Phi) is 3.86. The lowest BCUT2D eigenvalue weighted by Gasteiger charge is -2.34. The molecule has 0 atom stereocenters. The molecule has 7 heteroatoms. The molecule has 4 rings (SSSR count). The lowest BCUT2D eigenvalue weighted by Crippen LogP contribution is -2.35. The molecule has 6 nitrogen and oxygen atoms in total. The Hall–Kier alpha value is -2.18. The number of nitrogens with zero attached hydrogens (tertiary/aromatic N) is 4. The van der Waals surface area contributed by atoms with Crippen LogP contribution in [-0.4, -0.2) is 33.1 Å². The molecule has 2 aromatic heterocycles. The van der Waals surface area contributed by atoms with Gasteiger partial charge in [0.2, 0.25) is 11.7 Å². The highest BCUT2D eigenvalue weighted by Crippen LogP contribution is 2.41. The van der Waals surface area contributed by atoms with Gasteiger partial charge < -0.3 is 9.26 Å². The maximum absolute atomic E-state index is 6.04. The van der Waals surface area contributed by atoms with E-state index in [0.29, 0.717) is 30.0 Å². The van der Waals surface area contributed by atoms with E-state index in [-0.39, 0.29) is 5.41 Å². The molecule has 124 valence electrons. The van der Waals surface area contributed by atoms with Crippen LogP contribution in [0.15, 0.2) is 41.2 Å². The molecule has 1 aliphatic rings. The summed E-state index contributed by atoms with van der Waals surface area (Å²) in [6.07, 6.45) is 5.19. The van der Waals surface area contributed by atoms with Gasteiger partial charge in [0.25, 0.3) is 0 Å². The second-order valence-corrected chi connectivity index (χ2v) is 6.46. The van der Waals surface area contributed by atoms with Gasteiger partial charge in [0, 0.05) is 31.5 Å². The highest BCUT2D eigenvalue weighted by molar-refractivity contribution is 6.30. The van der Waals surface area contributed by atoms with E-state index >= 15 is 0 Å². The Morgan fingerprint density at radius 1 is 1.17 bits per heavy atom. The van der Waals surface area contributed by atoms with Crippen LogP contribution in [0.1, 0.15) is 24.3 Å². The molecule has 0 aliphatic carbocycles. The van der Waals surface area contributed by atoms with Crippen molar-refractivity contribution in [1.29, 1.82) is 0 Å². The Morgan fingerprint density at radius 2 is 1.92 bits per heavy atom. The van der Waals surface area contributed by atoms with Crippen molar-refractivity contribution in [3.05, 3.63) is 53.1 Å². The van der Waals surface area contributed by atoms with Gasteiger partial charge in [-0.15, -0.1) is 0 Å². The van der Waals surface area contributed by atoms with Crippen LogP contribution in [0.5, 0.6) is 0 Å². The van der Waals surface area contributed by atoms with Gasteiger partial charge in [0.15, 0.2) is 0 Å². The Labute approximate surface area is 144 Å². The van der Waals surface area contributed by atoms with Crippen molar-refractivity contribution in [1.82, 2.24) is 19.9 Å². The quantitative estimate of drug-likeness (QED) is 0.729. The first kappa shape index (κ1) is 15.4. The molecule has 0 bridgehead atoms. The molecule has 1 fully saturated rings. The third-order valence-electron chi connectivity index (χ3n) is 4.54. The van der Waals surface area contributed by atoms with Crippen molar-refractivity contribution in [3.8, 4) is 11.4 Å². The first-order valence-electron chi connectivity index (χ1n) is 7.84. The highest BCUT2D eigenvalue weighted by atomic mass is 35.5. The van der Waals surface area contributed by atoms with Crippen molar-refractivity contribution >= 4 is 11.6 Å². The van der Waals surface area contributed by atoms with Crippen LogP contribution in [0.3, 0.4) is 0 Å². The normalized spacial score (nSPS) is 17.1. The zero-order valence-corrected chi connectivity index (χ0v) is 14.0. The zero-order chi connectivity index (χ0) is 16.6. The molecule has 0 N–H and O–H groups in total. The third-order valence-corrected chi connectivity index (χ3v) is 4.79. The monoisotopic (exact) mass is 344 g/mol. The summed E-state index contributed by atoms with van der Waals surface area (Å²) >= 11 is 6.04. The summed E-state index contributed by atoms with van der Waals surface area (Å²) < 4.78 is 12.9. The van der Waals surface area contributed by atoms with Crippen LogP contribution in [0, 0.1) is 0 Å². The molecule has 1 aromatic carbocycles. The molecule has 0 spiro atoms. The lowest BCUT2D eigenvalue weighted by atomic mass is 9.74. The highest BCUT2D eigenvalue weighted by Gasteiger charge is 2.41. The second-order valence-electron chi connectivity index (χ2n) is 6.03. The molecule has 1 saturated heterocycles. The predicted molar refractivity (Wildman–Crippen MR) is 88.8 cm³/mol. The van der Waals surface area contributed by atoms with Crippen molar-refractivity contribution in [2.24, 2.45) is 7.05 Å². The summed E-state index contributed by atoms with van der Waals surface area (Å²) in [5.41, 5.74) is 1.62. The second kappa shape index (κ2) is 6.03. The van der Waals surface area contributed by atoms with Gasteiger partial charge >= 0.3 is 0 Å². The van der Waals surface area contributed by atoms with E-state index in [9.17, 15) is 0 Å². The summed E-state index contributed by atoms with van der Waals surface area (Å²) in [6.45, 7) is 1.32. The summed E-state index contributed by atoms with van der Waals surface area (Å²) in [5, 5.41) is 9.03. The number of hydrogen-bond acceptors (Lipinski definition) is 5. The third kappa shape index (κ3) is 2.61. The smallest absolute Gasteiger partial charge is 0.237 e. The fourth-order valence-electron chi connectivity index (χ4n) is 3.19. The minimum absolute atomic E-state index is 0.337. The van der Waals surface area contributed by atoms with Gasteiger partial charge in [-0.2, -0.15) is 10.1 Å². The topological polar surface area (TPSA) is 66.0 Å². The Morgan fingerprint density at radius 3 is 2.58 bits per heavy atom. The molecule has 0 saturated carbocycles. The number of rotatable bonds is 3. The molecule has 1 aliphatic heterocycles. The van der Waals surface area contributed by atoms with Crippen LogP contribution >= 0.6 is 11.6 Å². The van der Waals surface area contributed by atoms with E-state index < -0.39 is 0 Å². The maximum Gasteiger partial charge on any atom is 0.237 e. The summed E-state index contributed by atoms with van der Waals surface area (Å²) in [6, 6.07) is 7.85. The van der Waals surface area contributed by atoms with Crippen LogP contribution < -0.4 is 0 Å². The average Bonchev–Trinajstić information content (AvgIpc) is 3.25. The lowest BCUT2D eigenvalue weighted by molar-refractivity contribution is 0.0523. The minimum Gasteiger partial charge on any atom is -0.381 e. The van der Waals surface area contributed by atoms with Crippen molar-refractivity contribution < 1.29 is 9.26 Å². The number of benzene rings is 1. The van der Waals surface area contributed by atoms with Crippen LogP contribution in [0.4, 0.5) is 0 Å². The number of aryl methyl sites for hydroxylation is 1. The molecular weight excluding hydrogens is 328 g/mol. The molecule has 0 unspecified atom stereocenters.